The van der Waals surface area contributed by atoms with Crippen molar-refractivity contribution >= 4 is 22.6 Å². The molecule has 1 atom stereocenters. The van der Waals surface area contributed by atoms with Gasteiger partial charge in [-0.1, -0.05) is 6.07 Å². The van der Waals surface area contributed by atoms with Crippen LogP contribution in [0.15, 0.2) is 55.2 Å². The van der Waals surface area contributed by atoms with Crippen LogP contribution in [0.5, 0.6) is 0 Å². The smallest absolute Gasteiger partial charge is 0.258 e. The van der Waals surface area contributed by atoms with Gasteiger partial charge in [-0.2, -0.15) is 10.2 Å². The molecule has 1 N–H and O–H groups in total. The van der Waals surface area contributed by atoms with E-state index in [-0.39, 0.29) is 11.9 Å². The molecule has 1 unspecified atom stereocenters. The summed E-state index contributed by atoms with van der Waals surface area (Å²) in [4.78, 5) is 26.1. The van der Waals surface area contributed by atoms with Gasteiger partial charge >= 0.3 is 0 Å². The molecule has 7 heterocycles. The molecule has 1 saturated heterocycles. The number of imidazole rings is 1. The van der Waals surface area contributed by atoms with E-state index in [1.54, 1.807) is 17.0 Å². The van der Waals surface area contributed by atoms with Crippen LogP contribution in [0.2, 0.25) is 0 Å². The Morgan fingerprint density at radius 3 is 2.86 bits per heavy atom. The van der Waals surface area contributed by atoms with Gasteiger partial charge in [-0.3, -0.25) is 4.79 Å². The monoisotopic (exact) mass is 482 g/mol. The molecule has 0 bridgehead atoms. The molecule has 10 nitrogen and oxygen atoms in total. The highest BCUT2D eigenvalue weighted by Crippen LogP contribution is 2.35. The van der Waals surface area contributed by atoms with E-state index in [2.05, 4.69) is 45.1 Å². The van der Waals surface area contributed by atoms with Gasteiger partial charge in [0.25, 0.3) is 5.91 Å². The number of nitrogens with one attached hydrogen (secondary N) is 1. The van der Waals surface area contributed by atoms with Gasteiger partial charge in [-0.05, 0) is 36.8 Å². The topological polar surface area (TPSA) is 96.1 Å². The van der Waals surface area contributed by atoms with E-state index in [1.807, 2.05) is 33.9 Å². The number of carbonyl (C=O) groups is 1. The van der Waals surface area contributed by atoms with Crippen molar-refractivity contribution in [2.45, 2.75) is 19.4 Å². The number of hydrogen-bond acceptors (Lipinski definition) is 6. The number of nitrogens with zero attached hydrogens (tertiary/aromatic N) is 7. The van der Waals surface area contributed by atoms with Crippen molar-refractivity contribution in [3.8, 4) is 0 Å². The van der Waals surface area contributed by atoms with Gasteiger partial charge < -0.3 is 19.5 Å². The van der Waals surface area contributed by atoms with E-state index in [0.717, 1.165) is 65.7 Å². The van der Waals surface area contributed by atoms with Crippen molar-refractivity contribution in [3.63, 3.8) is 0 Å². The highest BCUT2D eigenvalue weighted by atomic mass is 16.5. The minimum atomic E-state index is -0.380. The van der Waals surface area contributed by atoms with Crippen molar-refractivity contribution in [1.29, 1.82) is 0 Å². The Hall–Kier alpha value is -4.18. The van der Waals surface area contributed by atoms with Crippen molar-refractivity contribution in [1.82, 2.24) is 34.1 Å². The van der Waals surface area contributed by atoms with Crippen LogP contribution in [0, 0.1) is 6.92 Å². The Morgan fingerprint density at radius 2 is 2.00 bits per heavy atom. The Bertz CT molecular complexity index is 1590. The first-order valence-electron chi connectivity index (χ1n) is 12.3. The maximum atomic E-state index is 14.0. The third-order valence-electron chi connectivity index (χ3n) is 7.31. The average molecular weight is 483 g/mol. The number of ether oxygens (including phenoxy) is 1. The van der Waals surface area contributed by atoms with Crippen molar-refractivity contribution in [2.24, 2.45) is 0 Å². The van der Waals surface area contributed by atoms with E-state index < -0.39 is 0 Å². The number of carbonyl (C=O) groups excluding carboxylic acids is 1. The minimum absolute atomic E-state index is 0.0726. The number of aryl methyl sites for hydroxylation is 1. The molecule has 0 radical (unpaired) electrons. The van der Waals surface area contributed by atoms with Gasteiger partial charge in [-0.15, -0.1) is 0 Å². The zero-order valence-corrected chi connectivity index (χ0v) is 20.0. The highest BCUT2D eigenvalue weighted by molar-refractivity contribution is 6.01. The summed E-state index contributed by atoms with van der Waals surface area (Å²) in [6.45, 7) is 5.75. The predicted molar refractivity (Wildman–Crippen MR) is 133 cm³/mol. The van der Waals surface area contributed by atoms with Gasteiger partial charge in [-0.25, -0.2) is 14.0 Å². The molecule has 5 aromatic rings. The lowest BCUT2D eigenvalue weighted by Gasteiger charge is -2.33. The minimum Gasteiger partial charge on any atom is -0.378 e. The largest absolute Gasteiger partial charge is 0.378 e. The Labute approximate surface area is 207 Å². The normalized spacial score (nSPS) is 18.2. The Morgan fingerprint density at radius 1 is 1.11 bits per heavy atom. The van der Waals surface area contributed by atoms with Crippen LogP contribution in [0.3, 0.4) is 0 Å². The van der Waals surface area contributed by atoms with Crippen molar-refractivity contribution in [3.05, 3.63) is 83.5 Å². The molecule has 0 aromatic carbocycles. The number of hydrogen-bond donors (Lipinski definition) is 1. The van der Waals surface area contributed by atoms with E-state index in [0.29, 0.717) is 18.5 Å². The van der Waals surface area contributed by atoms with Gasteiger partial charge in [0.2, 0.25) is 0 Å². The number of anilines is 1. The number of fused-ring (bicyclic) bond motifs is 3. The van der Waals surface area contributed by atoms with Gasteiger partial charge in [0.05, 0.1) is 65.6 Å². The van der Waals surface area contributed by atoms with Crippen LogP contribution in [-0.4, -0.2) is 72.9 Å². The molecule has 2 aliphatic heterocycles. The quantitative estimate of drug-likeness (QED) is 0.425. The molecule has 2 aliphatic rings. The zero-order chi connectivity index (χ0) is 24.2. The molecule has 182 valence electrons. The molecule has 36 heavy (non-hydrogen) atoms. The number of morpholine rings is 1. The molecule has 0 aliphatic carbocycles. The summed E-state index contributed by atoms with van der Waals surface area (Å²) in [6, 6.07) is 9.77. The maximum absolute atomic E-state index is 14.0. The fraction of sp³-hybridized carbons (Fsp3) is 0.308. The van der Waals surface area contributed by atoms with Crippen LogP contribution in [0.4, 0.5) is 5.69 Å². The SMILES string of the molecule is Cc1cccn2nc(C3c4nc[nH]c4CCN3C(=O)c3cnn4cc(N5CCOCC5)ccc34)cc12. The predicted octanol–water partition coefficient (Wildman–Crippen LogP) is 2.64. The number of aromatic amines is 1. The van der Waals surface area contributed by atoms with E-state index in [4.69, 9.17) is 9.84 Å². The number of H-pyrrole nitrogens is 1. The van der Waals surface area contributed by atoms with Gasteiger partial charge in [0.15, 0.2) is 0 Å². The molecule has 5 aromatic heterocycles. The number of amides is 1. The van der Waals surface area contributed by atoms with Crippen LogP contribution >= 0.6 is 0 Å². The molecule has 0 saturated carbocycles. The number of aromatic nitrogens is 6. The first kappa shape index (κ1) is 21.1. The lowest BCUT2D eigenvalue weighted by molar-refractivity contribution is 0.0689. The Kier molecular flexibility index (Phi) is 4.81. The second-order valence-electron chi connectivity index (χ2n) is 9.38. The standard InChI is InChI=1S/C26H26N8O2/c1-17-3-2-7-33-23(17)13-21(30-33)25-24-20(27-16-28-24)6-8-32(25)26(35)19-14-29-34-15-18(4-5-22(19)34)31-9-11-36-12-10-31/h2-5,7,13-16,25H,6,8-12H2,1H3,(H,27,28). The first-order valence-corrected chi connectivity index (χ1v) is 12.3. The molecule has 0 spiro atoms. The average Bonchev–Trinajstić information content (AvgIpc) is 3.66. The van der Waals surface area contributed by atoms with Crippen molar-refractivity contribution in [2.75, 3.05) is 37.7 Å². The summed E-state index contributed by atoms with van der Waals surface area (Å²) in [5, 5.41) is 9.39. The van der Waals surface area contributed by atoms with Crippen LogP contribution < -0.4 is 4.90 Å². The fourth-order valence-electron chi connectivity index (χ4n) is 5.41. The van der Waals surface area contributed by atoms with Gasteiger partial charge in [0, 0.05) is 37.9 Å². The van der Waals surface area contributed by atoms with Crippen LogP contribution in [0.25, 0.3) is 11.0 Å². The summed E-state index contributed by atoms with van der Waals surface area (Å²) >= 11 is 0. The highest BCUT2D eigenvalue weighted by Gasteiger charge is 2.37. The van der Waals surface area contributed by atoms with Crippen LogP contribution in [-0.2, 0) is 11.2 Å². The summed E-state index contributed by atoms with van der Waals surface area (Å²) in [5.41, 5.74) is 7.29. The summed E-state index contributed by atoms with van der Waals surface area (Å²) in [7, 11) is 0. The summed E-state index contributed by atoms with van der Waals surface area (Å²) in [6.07, 6.45) is 8.01. The first-order chi connectivity index (χ1) is 17.7. The number of pyridine rings is 2. The molecule has 1 amide bonds. The van der Waals surface area contributed by atoms with E-state index in [1.165, 1.54) is 0 Å². The molecule has 10 heteroatoms. The summed E-state index contributed by atoms with van der Waals surface area (Å²) < 4.78 is 9.14. The Balaban J connectivity index is 1.28. The lowest BCUT2D eigenvalue weighted by Crippen LogP contribution is -2.41. The fourth-order valence-corrected chi connectivity index (χ4v) is 5.41. The lowest BCUT2D eigenvalue weighted by atomic mass is 9.98. The number of rotatable bonds is 3. The van der Waals surface area contributed by atoms with E-state index in [9.17, 15) is 4.79 Å². The second-order valence-corrected chi connectivity index (χ2v) is 9.38. The molecular weight excluding hydrogens is 456 g/mol. The third kappa shape index (κ3) is 3.29. The maximum Gasteiger partial charge on any atom is 0.258 e. The zero-order valence-electron chi connectivity index (χ0n) is 20.0. The summed E-state index contributed by atoms with van der Waals surface area (Å²) in [5.74, 6) is -0.0726. The molecule has 1 fully saturated rings. The molecule has 7 rings (SSSR count). The van der Waals surface area contributed by atoms with Crippen molar-refractivity contribution < 1.29 is 9.53 Å². The van der Waals surface area contributed by atoms with E-state index >= 15 is 0 Å². The third-order valence-corrected chi connectivity index (χ3v) is 7.31. The van der Waals surface area contributed by atoms with Gasteiger partial charge in [0.1, 0.15) is 6.04 Å². The molecular formula is C26H26N8O2. The second kappa shape index (κ2) is 8.20. The van der Waals surface area contributed by atoms with Crippen LogP contribution in [0.1, 0.15) is 39.0 Å².